The van der Waals surface area contributed by atoms with Gasteiger partial charge < -0.3 is 15.2 Å². The minimum Gasteiger partial charge on any atom is -0.504 e. The SMILES string of the molecule is O=C(COc1ccc(Br)cc1Br)Nc1ncccc1O. The molecule has 20 heavy (non-hydrogen) atoms. The predicted molar refractivity (Wildman–Crippen MR) is 81.9 cm³/mol. The molecule has 0 unspecified atom stereocenters. The van der Waals surface area contributed by atoms with Gasteiger partial charge in [0.15, 0.2) is 18.2 Å². The van der Waals surface area contributed by atoms with Crippen molar-refractivity contribution in [3.63, 3.8) is 0 Å². The Bertz CT molecular complexity index is 635. The third-order valence-electron chi connectivity index (χ3n) is 2.30. The highest BCUT2D eigenvalue weighted by atomic mass is 79.9. The molecule has 0 atom stereocenters. The van der Waals surface area contributed by atoms with Gasteiger partial charge >= 0.3 is 0 Å². The molecule has 104 valence electrons. The van der Waals surface area contributed by atoms with Crippen molar-refractivity contribution < 1.29 is 14.6 Å². The minimum absolute atomic E-state index is 0.0920. The molecular formula is C13H10Br2N2O3. The van der Waals surface area contributed by atoms with Gasteiger partial charge in [0, 0.05) is 10.7 Å². The first-order valence-corrected chi connectivity index (χ1v) is 7.16. The fraction of sp³-hybridized carbons (Fsp3) is 0.0769. The van der Waals surface area contributed by atoms with E-state index >= 15 is 0 Å². The van der Waals surface area contributed by atoms with E-state index in [0.29, 0.717) is 5.75 Å². The number of rotatable bonds is 4. The van der Waals surface area contributed by atoms with E-state index in [-0.39, 0.29) is 18.2 Å². The van der Waals surface area contributed by atoms with Crippen LogP contribution in [0.1, 0.15) is 0 Å². The molecule has 0 saturated carbocycles. The average molecular weight is 402 g/mol. The van der Waals surface area contributed by atoms with Gasteiger partial charge in [0.25, 0.3) is 5.91 Å². The first-order chi connectivity index (χ1) is 9.56. The van der Waals surface area contributed by atoms with Gasteiger partial charge in [-0.3, -0.25) is 4.79 Å². The number of carbonyl (C=O) groups excluding carboxylic acids is 1. The molecule has 2 aromatic rings. The van der Waals surface area contributed by atoms with Crippen molar-refractivity contribution in [2.24, 2.45) is 0 Å². The van der Waals surface area contributed by atoms with Crippen LogP contribution < -0.4 is 10.1 Å². The number of hydrogen-bond acceptors (Lipinski definition) is 4. The second kappa shape index (κ2) is 6.71. The van der Waals surface area contributed by atoms with Crippen LogP contribution in [-0.4, -0.2) is 22.6 Å². The van der Waals surface area contributed by atoms with Crippen molar-refractivity contribution in [3.8, 4) is 11.5 Å². The van der Waals surface area contributed by atoms with Crippen LogP contribution in [0.15, 0.2) is 45.5 Å². The minimum atomic E-state index is -0.409. The molecule has 1 aromatic carbocycles. The van der Waals surface area contributed by atoms with Gasteiger partial charge in [-0.15, -0.1) is 0 Å². The topological polar surface area (TPSA) is 71.5 Å². The zero-order valence-corrected chi connectivity index (χ0v) is 13.3. The highest BCUT2D eigenvalue weighted by Crippen LogP contribution is 2.28. The van der Waals surface area contributed by atoms with Crippen LogP contribution in [0.5, 0.6) is 11.5 Å². The normalized spacial score (nSPS) is 10.1. The maximum Gasteiger partial charge on any atom is 0.263 e. The van der Waals surface area contributed by atoms with E-state index in [4.69, 9.17) is 4.74 Å². The lowest BCUT2D eigenvalue weighted by molar-refractivity contribution is -0.118. The largest absolute Gasteiger partial charge is 0.504 e. The zero-order valence-electron chi connectivity index (χ0n) is 10.1. The van der Waals surface area contributed by atoms with Crippen molar-refractivity contribution in [1.29, 1.82) is 0 Å². The van der Waals surface area contributed by atoms with Crippen molar-refractivity contribution in [2.75, 3.05) is 11.9 Å². The van der Waals surface area contributed by atoms with E-state index in [2.05, 4.69) is 42.2 Å². The second-order valence-corrected chi connectivity index (χ2v) is 5.55. The summed E-state index contributed by atoms with van der Waals surface area (Å²) in [6.07, 6.45) is 1.47. The van der Waals surface area contributed by atoms with Crippen LogP contribution in [-0.2, 0) is 4.79 Å². The van der Waals surface area contributed by atoms with Gasteiger partial charge in [0.2, 0.25) is 0 Å². The lowest BCUT2D eigenvalue weighted by Crippen LogP contribution is -2.20. The molecule has 7 heteroatoms. The van der Waals surface area contributed by atoms with E-state index in [9.17, 15) is 9.90 Å². The lowest BCUT2D eigenvalue weighted by Gasteiger charge is -2.09. The Labute approximate surface area is 132 Å². The Hall–Kier alpha value is -1.60. The van der Waals surface area contributed by atoms with Crippen molar-refractivity contribution in [1.82, 2.24) is 4.98 Å². The van der Waals surface area contributed by atoms with Gasteiger partial charge in [0.05, 0.1) is 4.47 Å². The summed E-state index contributed by atoms with van der Waals surface area (Å²) in [4.78, 5) is 15.6. The molecule has 0 aliphatic carbocycles. The van der Waals surface area contributed by atoms with Gasteiger partial charge in [-0.1, -0.05) is 15.9 Å². The fourth-order valence-electron chi connectivity index (χ4n) is 1.40. The summed E-state index contributed by atoms with van der Waals surface area (Å²) >= 11 is 6.66. The first kappa shape index (κ1) is 14.8. The molecule has 1 aromatic heterocycles. The smallest absolute Gasteiger partial charge is 0.263 e. The Morgan fingerprint density at radius 1 is 1.35 bits per heavy atom. The van der Waals surface area contributed by atoms with Gasteiger partial charge in [-0.2, -0.15) is 0 Å². The monoisotopic (exact) mass is 400 g/mol. The van der Waals surface area contributed by atoms with Gasteiger partial charge in [0.1, 0.15) is 5.75 Å². The van der Waals surface area contributed by atoms with E-state index in [1.54, 1.807) is 12.1 Å². The highest BCUT2D eigenvalue weighted by molar-refractivity contribution is 9.11. The highest BCUT2D eigenvalue weighted by Gasteiger charge is 2.09. The van der Waals surface area contributed by atoms with Crippen LogP contribution in [0.3, 0.4) is 0 Å². The average Bonchev–Trinajstić information content (AvgIpc) is 2.40. The van der Waals surface area contributed by atoms with Crippen LogP contribution in [0, 0.1) is 0 Å². The molecule has 0 radical (unpaired) electrons. The Balaban J connectivity index is 1.94. The Morgan fingerprint density at radius 2 is 2.15 bits per heavy atom. The maximum atomic E-state index is 11.7. The number of anilines is 1. The van der Waals surface area contributed by atoms with Crippen molar-refractivity contribution in [3.05, 3.63) is 45.5 Å². The molecule has 0 fully saturated rings. The van der Waals surface area contributed by atoms with E-state index in [0.717, 1.165) is 8.95 Å². The number of hydrogen-bond donors (Lipinski definition) is 2. The summed E-state index contributed by atoms with van der Waals surface area (Å²) in [5.74, 6) is 0.157. The summed E-state index contributed by atoms with van der Waals surface area (Å²) < 4.78 is 7.02. The third-order valence-corrected chi connectivity index (χ3v) is 3.41. The summed E-state index contributed by atoms with van der Waals surface area (Å²) in [6.45, 7) is -0.184. The summed E-state index contributed by atoms with van der Waals surface area (Å²) in [5, 5.41) is 12.0. The van der Waals surface area contributed by atoms with Crippen LogP contribution in [0.4, 0.5) is 5.82 Å². The second-order valence-electron chi connectivity index (χ2n) is 3.78. The predicted octanol–water partition coefficient (Wildman–Crippen LogP) is 3.33. The summed E-state index contributed by atoms with van der Waals surface area (Å²) in [6, 6.07) is 8.37. The summed E-state index contributed by atoms with van der Waals surface area (Å²) in [7, 11) is 0. The molecule has 0 aliphatic rings. The third kappa shape index (κ3) is 3.94. The molecule has 1 amide bonds. The molecule has 5 nitrogen and oxygen atoms in total. The number of aromatic nitrogens is 1. The first-order valence-electron chi connectivity index (χ1n) is 5.58. The number of halogens is 2. The quantitative estimate of drug-likeness (QED) is 0.824. The number of aromatic hydroxyl groups is 1. The van der Waals surface area contributed by atoms with Crippen LogP contribution in [0.2, 0.25) is 0 Å². The number of ether oxygens (including phenoxy) is 1. The maximum absolute atomic E-state index is 11.7. The fourth-order valence-corrected chi connectivity index (χ4v) is 2.56. The summed E-state index contributed by atoms with van der Waals surface area (Å²) in [5.41, 5.74) is 0. The standard InChI is InChI=1S/C13H10Br2N2O3/c14-8-3-4-11(9(15)6-8)20-7-12(19)17-13-10(18)2-1-5-16-13/h1-6,18H,7H2,(H,16,17,19). The van der Waals surface area contributed by atoms with E-state index in [1.165, 1.54) is 12.3 Å². The molecule has 1 heterocycles. The van der Waals surface area contributed by atoms with Crippen molar-refractivity contribution >= 4 is 43.6 Å². The molecule has 0 spiro atoms. The Morgan fingerprint density at radius 3 is 2.85 bits per heavy atom. The number of nitrogens with one attached hydrogen (secondary N) is 1. The van der Waals surface area contributed by atoms with Crippen LogP contribution in [0.25, 0.3) is 0 Å². The number of pyridine rings is 1. The van der Waals surface area contributed by atoms with Crippen molar-refractivity contribution in [2.45, 2.75) is 0 Å². The molecule has 2 rings (SSSR count). The number of amides is 1. The molecule has 0 saturated heterocycles. The van der Waals surface area contributed by atoms with E-state index in [1.807, 2.05) is 12.1 Å². The molecular weight excluding hydrogens is 392 g/mol. The van der Waals surface area contributed by atoms with Gasteiger partial charge in [-0.25, -0.2) is 4.98 Å². The number of nitrogens with zero attached hydrogens (tertiary/aromatic N) is 1. The number of carbonyl (C=O) groups is 1. The number of benzene rings is 1. The Kier molecular flexibility index (Phi) is 4.97. The zero-order chi connectivity index (χ0) is 14.5. The van der Waals surface area contributed by atoms with Crippen LogP contribution >= 0.6 is 31.9 Å². The van der Waals surface area contributed by atoms with Gasteiger partial charge in [-0.05, 0) is 46.3 Å². The molecule has 2 N–H and O–H groups in total. The lowest BCUT2D eigenvalue weighted by atomic mass is 10.3. The van der Waals surface area contributed by atoms with E-state index < -0.39 is 5.91 Å². The molecule has 0 bridgehead atoms. The molecule has 0 aliphatic heterocycles.